The summed E-state index contributed by atoms with van der Waals surface area (Å²) in [5.41, 5.74) is 5.07. The van der Waals surface area contributed by atoms with Crippen molar-refractivity contribution >= 4 is 12.2 Å². The summed E-state index contributed by atoms with van der Waals surface area (Å²) >= 11 is 0. The van der Waals surface area contributed by atoms with E-state index in [0.717, 1.165) is 6.08 Å². The molecule has 1 rings (SSSR count). The van der Waals surface area contributed by atoms with Crippen molar-refractivity contribution in [1.29, 1.82) is 0 Å². The molecule has 74 valence electrons. The predicted octanol–water partition coefficient (Wildman–Crippen LogP) is 1.07. The van der Waals surface area contributed by atoms with E-state index in [1.54, 1.807) is 24.4 Å². The van der Waals surface area contributed by atoms with Crippen LogP contribution in [0.5, 0.6) is 0 Å². The van der Waals surface area contributed by atoms with Crippen molar-refractivity contribution in [3.05, 3.63) is 36.2 Å². The zero-order chi connectivity index (χ0) is 10.6. The van der Waals surface area contributed by atoms with Gasteiger partial charge in [0.05, 0.1) is 0 Å². The lowest BCUT2D eigenvalue weighted by atomic mass is 9.89. The molecule has 0 aromatic heterocycles. The molecule has 1 heterocycles. The molecule has 14 heavy (non-hydrogen) atoms. The lowest BCUT2D eigenvalue weighted by molar-refractivity contribution is -0.131. The van der Waals surface area contributed by atoms with E-state index in [1.807, 2.05) is 13.0 Å². The van der Waals surface area contributed by atoms with Crippen LogP contribution in [0.1, 0.15) is 6.92 Å². The third kappa shape index (κ3) is 2.90. The molecule has 0 aromatic carbocycles. The quantitative estimate of drug-likeness (QED) is 0.642. The molecule has 4 nitrogen and oxygen atoms in total. The summed E-state index contributed by atoms with van der Waals surface area (Å²) in [6.45, 7) is 1.85. The summed E-state index contributed by atoms with van der Waals surface area (Å²) in [5.74, 6) is -0.593. The summed E-state index contributed by atoms with van der Waals surface area (Å²) in [7, 11) is 0. The van der Waals surface area contributed by atoms with Gasteiger partial charge in [0.2, 0.25) is 0 Å². The summed E-state index contributed by atoms with van der Waals surface area (Å²) in [4.78, 5) is 14.2. The molecule has 1 atom stereocenters. The van der Waals surface area contributed by atoms with Crippen molar-refractivity contribution in [2.75, 3.05) is 0 Å². The van der Waals surface area contributed by atoms with Crippen LogP contribution in [-0.2, 0) is 4.79 Å². The van der Waals surface area contributed by atoms with Crippen LogP contribution in [0.3, 0.4) is 0 Å². The van der Waals surface area contributed by atoms with Crippen molar-refractivity contribution in [1.82, 2.24) is 0 Å². The SMILES string of the molecule is CC1(/C=C\C(=O)O)C=CC=NC(N)=C1. The number of aliphatic carboxylic acids is 1. The van der Waals surface area contributed by atoms with Crippen LogP contribution in [0.2, 0.25) is 0 Å². The fourth-order valence-corrected chi connectivity index (χ4v) is 1.14. The van der Waals surface area contributed by atoms with Crippen molar-refractivity contribution in [2.24, 2.45) is 16.1 Å². The second-order valence-corrected chi connectivity index (χ2v) is 3.24. The third-order valence-corrected chi connectivity index (χ3v) is 1.81. The van der Waals surface area contributed by atoms with Gasteiger partial charge in [-0.1, -0.05) is 12.2 Å². The molecular formula is C10H12N2O2. The number of carboxylic acids is 1. The summed E-state index contributed by atoms with van der Waals surface area (Å²) in [5, 5.41) is 8.50. The third-order valence-electron chi connectivity index (χ3n) is 1.81. The summed E-state index contributed by atoms with van der Waals surface area (Å²) < 4.78 is 0. The molecule has 3 N–H and O–H groups in total. The van der Waals surface area contributed by atoms with E-state index >= 15 is 0 Å². The second-order valence-electron chi connectivity index (χ2n) is 3.24. The predicted molar refractivity (Wildman–Crippen MR) is 54.8 cm³/mol. The van der Waals surface area contributed by atoms with Gasteiger partial charge in [-0.05, 0) is 19.1 Å². The molecule has 0 saturated heterocycles. The van der Waals surface area contributed by atoms with Gasteiger partial charge in [0.1, 0.15) is 5.82 Å². The monoisotopic (exact) mass is 192 g/mol. The molecule has 0 aromatic rings. The number of nitrogens with zero attached hydrogens (tertiary/aromatic N) is 1. The minimum atomic E-state index is -0.975. The highest BCUT2D eigenvalue weighted by atomic mass is 16.4. The van der Waals surface area contributed by atoms with Gasteiger partial charge in [-0.3, -0.25) is 0 Å². The Balaban J connectivity index is 2.94. The number of aliphatic imine (C=N–C) groups is 1. The van der Waals surface area contributed by atoms with Gasteiger partial charge in [-0.15, -0.1) is 0 Å². The normalized spacial score (nSPS) is 26.2. The molecule has 1 aliphatic rings. The lowest BCUT2D eigenvalue weighted by Gasteiger charge is -2.15. The standard InChI is InChI=1S/C10H12N2O2/c1-10(5-3-9(13)14)4-2-6-12-8(11)7-10/h2-7H,11H2,1H3,(H,13,14)/b5-3-. The maximum Gasteiger partial charge on any atom is 0.328 e. The zero-order valence-corrected chi connectivity index (χ0v) is 7.84. The average molecular weight is 192 g/mol. The van der Waals surface area contributed by atoms with Gasteiger partial charge in [0.15, 0.2) is 0 Å². The number of carbonyl (C=O) groups is 1. The molecule has 0 aliphatic carbocycles. The summed E-state index contributed by atoms with van der Waals surface area (Å²) in [6.07, 6.45) is 9.50. The van der Waals surface area contributed by atoms with Gasteiger partial charge >= 0.3 is 5.97 Å². The Hall–Kier alpha value is -1.84. The number of carboxylic acid groups (broad SMARTS) is 1. The maximum absolute atomic E-state index is 10.4. The molecule has 0 bridgehead atoms. The Morgan fingerprint density at radius 1 is 1.71 bits per heavy atom. The number of allylic oxidation sites excluding steroid dienone is 4. The Bertz CT molecular complexity index is 353. The molecule has 1 aliphatic heterocycles. The van der Waals surface area contributed by atoms with E-state index in [1.165, 1.54) is 0 Å². The van der Waals surface area contributed by atoms with Gasteiger partial charge in [-0.2, -0.15) is 0 Å². The molecule has 0 spiro atoms. The Labute approximate surface area is 82.1 Å². The Kier molecular flexibility index (Phi) is 2.86. The number of hydrogen-bond donors (Lipinski definition) is 2. The van der Waals surface area contributed by atoms with Crippen LogP contribution in [0.4, 0.5) is 0 Å². The van der Waals surface area contributed by atoms with Crippen LogP contribution in [0.25, 0.3) is 0 Å². The minimum Gasteiger partial charge on any atom is -0.478 e. The number of hydrogen-bond acceptors (Lipinski definition) is 3. The van der Waals surface area contributed by atoms with Crippen molar-refractivity contribution < 1.29 is 9.90 Å². The van der Waals surface area contributed by atoms with Gasteiger partial charge < -0.3 is 10.8 Å². The van der Waals surface area contributed by atoms with Crippen LogP contribution in [-0.4, -0.2) is 17.3 Å². The van der Waals surface area contributed by atoms with Crippen LogP contribution < -0.4 is 5.73 Å². The number of nitrogens with two attached hydrogens (primary N) is 1. The van der Waals surface area contributed by atoms with E-state index in [4.69, 9.17) is 10.8 Å². The zero-order valence-electron chi connectivity index (χ0n) is 7.84. The molecule has 1 unspecified atom stereocenters. The van der Waals surface area contributed by atoms with Crippen molar-refractivity contribution in [3.8, 4) is 0 Å². The van der Waals surface area contributed by atoms with E-state index in [0.29, 0.717) is 5.82 Å². The van der Waals surface area contributed by atoms with Crippen LogP contribution in [0, 0.1) is 5.41 Å². The van der Waals surface area contributed by atoms with E-state index in [9.17, 15) is 4.79 Å². The fourth-order valence-electron chi connectivity index (χ4n) is 1.14. The lowest BCUT2D eigenvalue weighted by Crippen LogP contribution is -2.09. The van der Waals surface area contributed by atoms with Crippen molar-refractivity contribution in [2.45, 2.75) is 6.92 Å². The molecular weight excluding hydrogens is 180 g/mol. The van der Waals surface area contributed by atoms with Gasteiger partial charge in [-0.25, -0.2) is 9.79 Å². The first-order valence-electron chi connectivity index (χ1n) is 4.14. The maximum atomic E-state index is 10.4. The summed E-state index contributed by atoms with van der Waals surface area (Å²) in [6, 6.07) is 0. The first-order chi connectivity index (χ1) is 6.52. The molecule has 4 heteroatoms. The van der Waals surface area contributed by atoms with E-state index in [-0.39, 0.29) is 0 Å². The highest BCUT2D eigenvalue weighted by Gasteiger charge is 2.15. The van der Waals surface area contributed by atoms with Crippen LogP contribution >= 0.6 is 0 Å². The van der Waals surface area contributed by atoms with Gasteiger partial charge in [0, 0.05) is 17.7 Å². The Morgan fingerprint density at radius 2 is 2.43 bits per heavy atom. The van der Waals surface area contributed by atoms with E-state index in [2.05, 4.69) is 4.99 Å². The highest BCUT2D eigenvalue weighted by Crippen LogP contribution is 2.24. The molecule has 0 saturated carbocycles. The minimum absolute atomic E-state index is 0.382. The van der Waals surface area contributed by atoms with Crippen molar-refractivity contribution in [3.63, 3.8) is 0 Å². The second kappa shape index (κ2) is 3.91. The fraction of sp³-hybridized carbons (Fsp3) is 0.200. The van der Waals surface area contributed by atoms with Gasteiger partial charge in [0.25, 0.3) is 0 Å². The highest BCUT2D eigenvalue weighted by molar-refractivity contribution is 5.80. The topological polar surface area (TPSA) is 75.7 Å². The molecule has 0 amide bonds. The molecule has 0 fully saturated rings. The number of rotatable bonds is 2. The first-order valence-corrected chi connectivity index (χ1v) is 4.14. The first kappa shape index (κ1) is 10.2. The van der Waals surface area contributed by atoms with E-state index < -0.39 is 11.4 Å². The van der Waals surface area contributed by atoms with Crippen LogP contribution in [0.15, 0.2) is 41.2 Å². The largest absolute Gasteiger partial charge is 0.478 e. The molecule has 0 radical (unpaired) electrons. The Morgan fingerprint density at radius 3 is 3.07 bits per heavy atom. The average Bonchev–Trinajstić information content (AvgIpc) is 2.25. The smallest absolute Gasteiger partial charge is 0.328 e.